The maximum Gasteiger partial charge on any atom is 0.398 e. The van der Waals surface area contributed by atoms with E-state index in [-0.39, 0.29) is 70.8 Å². The molecule has 1 unspecified atom stereocenters. The lowest BCUT2D eigenvalue weighted by atomic mass is 9.88. The lowest BCUT2D eigenvalue weighted by Crippen LogP contribution is -2.59. The van der Waals surface area contributed by atoms with Crippen LogP contribution >= 0.6 is 11.6 Å². The molecule has 0 radical (unpaired) electrons. The van der Waals surface area contributed by atoms with Crippen molar-refractivity contribution in [3.8, 4) is 11.3 Å². The van der Waals surface area contributed by atoms with E-state index in [2.05, 4.69) is 5.10 Å². The van der Waals surface area contributed by atoms with Crippen molar-refractivity contribution in [2.75, 3.05) is 27.2 Å². The molecule has 1 saturated heterocycles. The summed E-state index contributed by atoms with van der Waals surface area (Å²) in [7, 11) is 3.20. The van der Waals surface area contributed by atoms with Gasteiger partial charge >= 0.3 is 18.2 Å². The van der Waals surface area contributed by atoms with Crippen molar-refractivity contribution in [2.45, 2.75) is 55.8 Å². The fourth-order valence-corrected chi connectivity index (χ4v) is 6.60. The van der Waals surface area contributed by atoms with Crippen LogP contribution in [0, 0.1) is 5.82 Å². The number of benzene rings is 2. The van der Waals surface area contributed by atoms with Crippen molar-refractivity contribution < 1.29 is 41.8 Å². The standard InChI is InChI=1S/C31H29ClF4N4O5/c1-38(29(44)39-14-18(15-39)45-2)17-7-9-20-24(13-17)40(37-26(20)19-8-6-16(28(42)43)12-23(19)33)27(41)25-21(4-3-5-22(25)32)30(10-11-30)31(34,35)36/h3-6,8,12,17-18H,7,9-11,13-15H2,1-2H3,(H,42,43). The summed E-state index contributed by atoms with van der Waals surface area (Å²) < 4.78 is 64.3. The van der Waals surface area contributed by atoms with Gasteiger partial charge in [-0.1, -0.05) is 23.7 Å². The highest BCUT2D eigenvalue weighted by Gasteiger charge is 2.65. The molecular formula is C31H29ClF4N4O5. The molecule has 0 bridgehead atoms. The van der Waals surface area contributed by atoms with Gasteiger partial charge in [-0.2, -0.15) is 23.0 Å². The SMILES string of the molecule is COC1CN(C(=O)N(C)C2CCc3c(-c4ccc(C(=O)O)cc4F)nn(C(=O)c4c(Cl)cccc4C4(C(F)(F)F)CC4)c3C2)C1. The third kappa shape index (κ3) is 5.15. The number of hydrogen-bond acceptors (Lipinski definition) is 5. The Morgan fingerprint density at radius 3 is 2.47 bits per heavy atom. The van der Waals surface area contributed by atoms with Crippen LogP contribution in [-0.2, 0) is 23.0 Å². The number of alkyl halides is 3. The molecule has 2 aliphatic carbocycles. The number of fused-ring (bicyclic) bond motifs is 1. The number of ether oxygens (including phenoxy) is 1. The average Bonchev–Trinajstić information content (AvgIpc) is 3.72. The third-order valence-electron chi connectivity index (χ3n) is 9.25. The van der Waals surface area contributed by atoms with Gasteiger partial charge in [-0.05, 0) is 55.5 Å². The highest BCUT2D eigenvalue weighted by atomic mass is 35.5. The predicted octanol–water partition coefficient (Wildman–Crippen LogP) is 5.56. The molecule has 1 aromatic heterocycles. The van der Waals surface area contributed by atoms with Crippen LogP contribution in [0.5, 0.6) is 0 Å². The van der Waals surface area contributed by atoms with Crippen LogP contribution in [0.15, 0.2) is 36.4 Å². The topological polar surface area (TPSA) is 105 Å². The largest absolute Gasteiger partial charge is 0.478 e. The lowest BCUT2D eigenvalue weighted by molar-refractivity contribution is -0.160. The number of aromatic nitrogens is 2. The Kier molecular flexibility index (Phi) is 7.67. The maximum absolute atomic E-state index is 15.3. The van der Waals surface area contributed by atoms with Crippen molar-refractivity contribution >= 4 is 29.5 Å². The second-order valence-electron chi connectivity index (χ2n) is 11.8. The summed E-state index contributed by atoms with van der Waals surface area (Å²) in [5, 5.41) is 13.6. The fraction of sp³-hybridized carbons (Fsp3) is 0.419. The summed E-state index contributed by atoms with van der Waals surface area (Å²) in [6.45, 7) is 0.861. The van der Waals surface area contributed by atoms with Gasteiger partial charge in [0.2, 0.25) is 0 Å². The summed E-state index contributed by atoms with van der Waals surface area (Å²) in [5.74, 6) is -3.12. The Morgan fingerprint density at radius 2 is 1.87 bits per heavy atom. The van der Waals surface area contributed by atoms with Gasteiger partial charge in [0.15, 0.2) is 0 Å². The van der Waals surface area contributed by atoms with Crippen LogP contribution in [0.1, 0.15) is 56.8 Å². The van der Waals surface area contributed by atoms with Gasteiger partial charge in [-0.25, -0.2) is 14.0 Å². The summed E-state index contributed by atoms with van der Waals surface area (Å²) in [6.07, 6.45) is -4.26. The van der Waals surface area contributed by atoms with Gasteiger partial charge in [0.25, 0.3) is 5.91 Å². The predicted molar refractivity (Wildman–Crippen MR) is 154 cm³/mol. The zero-order valence-electron chi connectivity index (χ0n) is 24.3. The minimum Gasteiger partial charge on any atom is -0.478 e. The van der Waals surface area contributed by atoms with Crippen LogP contribution in [0.3, 0.4) is 0 Å². The zero-order valence-corrected chi connectivity index (χ0v) is 25.1. The highest BCUT2D eigenvalue weighted by molar-refractivity contribution is 6.34. The molecule has 9 nitrogen and oxygen atoms in total. The molecule has 1 atom stereocenters. The number of carboxylic acid groups (broad SMARTS) is 1. The number of methoxy groups -OCH3 is 1. The van der Waals surface area contributed by atoms with Crippen molar-refractivity contribution in [1.82, 2.24) is 19.6 Å². The van der Waals surface area contributed by atoms with E-state index < -0.39 is 35.3 Å². The number of carbonyl (C=O) groups is 3. The minimum absolute atomic E-state index is 0.0550. The average molecular weight is 649 g/mol. The fourth-order valence-electron chi connectivity index (χ4n) is 6.35. The Hall–Kier alpha value is -3.97. The maximum atomic E-state index is 15.3. The van der Waals surface area contributed by atoms with E-state index in [9.17, 15) is 32.7 Å². The molecule has 3 aliphatic rings. The van der Waals surface area contributed by atoms with Gasteiger partial charge in [0.05, 0.1) is 52.1 Å². The number of amides is 2. The second kappa shape index (κ2) is 11.1. The number of rotatable bonds is 6. The highest BCUT2D eigenvalue weighted by Crippen LogP contribution is 2.60. The van der Waals surface area contributed by atoms with Crippen molar-refractivity contribution in [1.29, 1.82) is 0 Å². The molecule has 1 N–H and O–H groups in total. The Balaban J connectivity index is 1.44. The van der Waals surface area contributed by atoms with Gasteiger partial charge in [0, 0.05) is 37.7 Å². The first-order chi connectivity index (χ1) is 21.3. The quantitative estimate of drug-likeness (QED) is 0.351. The molecule has 14 heteroatoms. The molecule has 0 spiro atoms. The van der Waals surface area contributed by atoms with Crippen LogP contribution in [0.4, 0.5) is 22.4 Å². The summed E-state index contributed by atoms with van der Waals surface area (Å²) in [5.41, 5.74) is -2.30. The number of likely N-dealkylation sites (tertiary alicyclic amines) is 1. The number of carbonyl (C=O) groups excluding carboxylic acids is 2. The molecule has 3 aromatic rings. The van der Waals surface area contributed by atoms with E-state index in [1.165, 1.54) is 30.3 Å². The molecule has 2 amide bonds. The van der Waals surface area contributed by atoms with Crippen molar-refractivity contribution in [2.24, 2.45) is 0 Å². The first-order valence-corrected chi connectivity index (χ1v) is 14.7. The smallest absolute Gasteiger partial charge is 0.398 e. The number of carboxylic acids is 1. The number of likely N-dealkylation sites (N-methyl/N-ethyl adjacent to an activating group) is 1. The van der Waals surface area contributed by atoms with E-state index in [0.29, 0.717) is 30.8 Å². The van der Waals surface area contributed by atoms with Crippen LogP contribution in [0.25, 0.3) is 11.3 Å². The normalized spacial score (nSPS) is 19.1. The third-order valence-corrected chi connectivity index (χ3v) is 9.56. The Bertz CT molecular complexity index is 1710. The molecule has 1 saturated carbocycles. The van der Waals surface area contributed by atoms with Gasteiger partial charge in [0.1, 0.15) is 5.82 Å². The zero-order chi connectivity index (χ0) is 32.4. The molecule has 6 rings (SSSR count). The molecular weight excluding hydrogens is 620 g/mol. The van der Waals surface area contributed by atoms with Gasteiger partial charge in [-0.15, -0.1) is 0 Å². The molecule has 45 heavy (non-hydrogen) atoms. The Morgan fingerprint density at radius 1 is 1.16 bits per heavy atom. The Labute approximate surface area is 260 Å². The number of urea groups is 1. The van der Waals surface area contributed by atoms with E-state index in [1.54, 1.807) is 24.0 Å². The number of halogens is 5. The summed E-state index contributed by atoms with van der Waals surface area (Å²) in [4.78, 5) is 42.0. The number of nitrogens with zero attached hydrogens (tertiary/aromatic N) is 4. The van der Waals surface area contributed by atoms with Crippen molar-refractivity contribution in [3.63, 3.8) is 0 Å². The van der Waals surface area contributed by atoms with Crippen molar-refractivity contribution in [3.05, 3.63) is 75.2 Å². The molecule has 238 valence electrons. The molecule has 2 heterocycles. The summed E-state index contributed by atoms with van der Waals surface area (Å²) in [6, 6.07) is 6.60. The van der Waals surface area contributed by atoms with E-state index in [1.807, 2.05) is 0 Å². The number of aromatic carboxylic acids is 1. The van der Waals surface area contributed by atoms with Gasteiger partial charge in [-0.3, -0.25) is 4.79 Å². The van der Waals surface area contributed by atoms with Crippen LogP contribution in [-0.4, -0.2) is 88.2 Å². The molecule has 2 aromatic carbocycles. The summed E-state index contributed by atoms with van der Waals surface area (Å²) >= 11 is 6.43. The monoisotopic (exact) mass is 648 g/mol. The first-order valence-electron chi connectivity index (χ1n) is 14.4. The second-order valence-corrected chi connectivity index (χ2v) is 12.2. The minimum atomic E-state index is -4.62. The van der Waals surface area contributed by atoms with Crippen LogP contribution in [0.2, 0.25) is 5.02 Å². The van der Waals surface area contributed by atoms with E-state index in [0.717, 1.165) is 10.7 Å². The molecule has 1 aliphatic heterocycles. The first kappa shape index (κ1) is 31.0. The van der Waals surface area contributed by atoms with E-state index >= 15 is 4.39 Å². The van der Waals surface area contributed by atoms with E-state index in [4.69, 9.17) is 16.3 Å². The van der Waals surface area contributed by atoms with Gasteiger partial charge < -0.3 is 19.6 Å². The van der Waals surface area contributed by atoms with Crippen LogP contribution < -0.4 is 0 Å². The number of hydrogen-bond donors (Lipinski definition) is 1. The lowest BCUT2D eigenvalue weighted by Gasteiger charge is -2.42. The molecule has 2 fully saturated rings.